The van der Waals surface area contributed by atoms with Crippen LogP contribution in [0.4, 0.5) is 0 Å². The maximum absolute atomic E-state index is 12.5. The van der Waals surface area contributed by atoms with Gasteiger partial charge in [0, 0.05) is 23.0 Å². The Hall–Kier alpha value is -2.41. The van der Waals surface area contributed by atoms with Gasteiger partial charge in [-0.25, -0.2) is 9.97 Å². The number of aromatic nitrogens is 2. The van der Waals surface area contributed by atoms with Crippen LogP contribution in [-0.2, 0) is 14.3 Å². The minimum Gasteiger partial charge on any atom is -0.447 e. The predicted octanol–water partition coefficient (Wildman–Crippen LogP) is 2.75. The highest BCUT2D eigenvalue weighted by Crippen LogP contribution is 2.24. The lowest BCUT2D eigenvalue weighted by Gasteiger charge is -2.17. The van der Waals surface area contributed by atoms with Crippen molar-refractivity contribution in [1.29, 1.82) is 0 Å². The average Bonchev–Trinajstić information content (AvgIpc) is 3.41. The summed E-state index contributed by atoms with van der Waals surface area (Å²) in [7, 11) is 0. The minimum atomic E-state index is -0.940. The van der Waals surface area contributed by atoms with Gasteiger partial charge < -0.3 is 10.1 Å². The number of aryl methyl sites for hydroxylation is 2. The number of thioether (sulfide) groups is 1. The number of hydrogen-bond donors (Lipinski definition) is 1. The van der Waals surface area contributed by atoms with Crippen LogP contribution in [0.15, 0.2) is 41.6 Å². The molecule has 6 nitrogen and oxygen atoms in total. The molecule has 0 saturated heterocycles. The summed E-state index contributed by atoms with van der Waals surface area (Å²) >= 11 is 1.20. The van der Waals surface area contributed by atoms with Gasteiger partial charge in [-0.05, 0) is 32.8 Å². The van der Waals surface area contributed by atoms with E-state index in [-0.39, 0.29) is 17.7 Å². The number of carbonyl (C=O) groups excluding carboxylic acids is 2. The molecule has 0 spiro atoms. The molecular formula is C19H21N3O3S. The van der Waals surface area contributed by atoms with Gasteiger partial charge in [-0.3, -0.25) is 9.59 Å². The monoisotopic (exact) mass is 371 g/mol. The molecule has 0 radical (unpaired) electrons. The summed E-state index contributed by atoms with van der Waals surface area (Å²) in [5, 5.41) is 3.42. The lowest BCUT2D eigenvalue weighted by molar-refractivity contribution is -0.154. The number of esters is 1. The highest BCUT2D eigenvalue weighted by Gasteiger charge is 2.30. The maximum atomic E-state index is 12.5. The van der Waals surface area contributed by atoms with Crippen molar-refractivity contribution >= 4 is 23.6 Å². The minimum absolute atomic E-state index is 0.0446. The maximum Gasteiger partial charge on any atom is 0.317 e. The number of carbonyl (C=O) groups is 2. The number of nitrogens with zero attached hydrogens (tertiary/aromatic N) is 2. The fourth-order valence-electron chi connectivity index (χ4n) is 2.45. The number of hydrogen-bond acceptors (Lipinski definition) is 6. The second-order valence-corrected chi connectivity index (χ2v) is 7.23. The third-order valence-corrected chi connectivity index (χ3v) is 4.62. The summed E-state index contributed by atoms with van der Waals surface area (Å²) < 4.78 is 5.48. The van der Waals surface area contributed by atoms with Crippen LogP contribution in [0, 0.1) is 13.8 Å². The summed E-state index contributed by atoms with van der Waals surface area (Å²) in [6.45, 7) is 3.76. The summed E-state index contributed by atoms with van der Waals surface area (Å²) in [5.41, 5.74) is 2.35. The molecule has 0 bridgehead atoms. The Kier molecular flexibility index (Phi) is 5.88. The average molecular weight is 371 g/mol. The van der Waals surface area contributed by atoms with E-state index in [1.54, 1.807) is 12.1 Å². The molecule has 1 saturated carbocycles. The number of nitrogens with one attached hydrogen (secondary N) is 1. The fraction of sp³-hybridized carbons (Fsp3) is 0.368. The van der Waals surface area contributed by atoms with Crippen LogP contribution in [0.5, 0.6) is 0 Å². The van der Waals surface area contributed by atoms with Gasteiger partial charge in [0.25, 0.3) is 5.91 Å². The molecule has 1 aliphatic carbocycles. The first-order valence-electron chi connectivity index (χ1n) is 8.51. The molecule has 1 N–H and O–H groups in total. The van der Waals surface area contributed by atoms with Gasteiger partial charge in [0.05, 0.1) is 5.75 Å². The molecule has 0 aliphatic heterocycles. The Morgan fingerprint density at radius 1 is 1.19 bits per heavy atom. The van der Waals surface area contributed by atoms with E-state index in [0.29, 0.717) is 10.7 Å². The largest absolute Gasteiger partial charge is 0.447 e. The van der Waals surface area contributed by atoms with Crippen LogP contribution in [0.1, 0.15) is 35.9 Å². The highest BCUT2D eigenvalue weighted by molar-refractivity contribution is 7.99. The molecule has 1 heterocycles. The van der Waals surface area contributed by atoms with Crippen LogP contribution >= 0.6 is 11.8 Å². The standard InChI is InChI=1S/C19H21N3O3S/c1-12-10-13(2)21-19(20-12)26-11-16(23)25-17(14-6-4-3-5-7-14)18(24)22-15-8-9-15/h3-7,10,15,17H,8-9,11H2,1-2H3,(H,22,24)/t17-/m1/s1. The van der Waals surface area contributed by atoms with Gasteiger partial charge >= 0.3 is 5.97 Å². The smallest absolute Gasteiger partial charge is 0.317 e. The third kappa shape index (κ3) is 5.29. The van der Waals surface area contributed by atoms with Gasteiger partial charge in [0.15, 0.2) is 5.16 Å². The second kappa shape index (κ2) is 8.31. The molecule has 1 amide bonds. The van der Waals surface area contributed by atoms with Crippen LogP contribution in [-0.4, -0.2) is 33.6 Å². The van der Waals surface area contributed by atoms with E-state index in [2.05, 4.69) is 15.3 Å². The Morgan fingerprint density at radius 2 is 1.85 bits per heavy atom. The van der Waals surface area contributed by atoms with Gasteiger partial charge in [-0.15, -0.1) is 0 Å². The molecule has 1 aromatic heterocycles. The van der Waals surface area contributed by atoms with Gasteiger partial charge in [-0.1, -0.05) is 42.1 Å². The normalized spacial score (nSPS) is 14.5. The molecule has 7 heteroatoms. The number of ether oxygens (including phenoxy) is 1. The predicted molar refractivity (Wildman–Crippen MR) is 98.7 cm³/mol. The Labute approximate surface area is 156 Å². The van der Waals surface area contributed by atoms with E-state index in [4.69, 9.17) is 4.74 Å². The van der Waals surface area contributed by atoms with E-state index < -0.39 is 12.1 Å². The SMILES string of the molecule is Cc1cc(C)nc(SCC(=O)O[C@@H](C(=O)NC2CC2)c2ccccc2)n1. The van der Waals surface area contributed by atoms with Crippen molar-refractivity contribution in [2.24, 2.45) is 0 Å². The van der Waals surface area contributed by atoms with Crippen molar-refractivity contribution in [3.63, 3.8) is 0 Å². The quantitative estimate of drug-likeness (QED) is 0.458. The summed E-state index contributed by atoms with van der Waals surface area (Å²) in [6.07, 6.45) is 1.01. The Balaban J connectivity index is 1.63. The number of amides is 1. The molecule has 26 heavy (non-hydrogen) atoms. The van der Waals surface area contributed by atoms with Crippen molar-refractivity contribution in [2.75, 3.05) is 5.75 Å². The van der Waals surface area contributed by atoms with Gasteiger partial charge in [0.2, 0.25) is 6.10 Å². The van der Waals surface area contributed by atoms with E-state index in [1.807, 2.05) is 38.1 Å². The molecule has 1 aliphatic rings. The summed E-state index contributed by atoms with van der Waals surface area (Å²) in [5.74, 6) is -0.708. The lowest BCUT2D eigenvalue weighted by Crippen LogP contribution is -2.33. The van der Waals surface area contributed by atoms with Crippen LogP contribution in [0.25, 0.3) is 0 Å². The van der Waals surface area contributed by atoms with Crippen molar-refractivity contribution in [3.05, 3.63) is 53.3 Å². The molecule has 2 aromatic rings. The number of benzene rings is 1. The first kappa shape index (κ1) is 18.4. The van der Waals surface area contributed by atoms with Crippen molar-refractivity contribution in [3.8, 4) is 0 Å². The zero-order valence-electron chi connectivity index (χ0n) is 14.8. The highest BCUT2D eigenvalue weighted by atomic mass is 32.2. The molecular weight excluding hydrogens is 350 g/mol. The summed E-state index contributed by atoms with van der Waals surface area (Å²) in [6, 6.07) is 11.1. The molecule has 1 fully saturated rings. The van der Waals surface area contributed by atoms with Crippen molar-refractivity contribution < 1.29 is 14.3 Å². The van der Waals surface area contributed by atoms with E-state index in [9.17, 15) is 9.59 Å². The fourth-order valence-corrected chi connectivity index (χ4v) is 3.18. The van der Waals surface area contributed by atoms with Gasteiger partial charge in [0.1, 0.15) is 0 Å². The summed E-state index contributed by atoms with van der Waals surface area (Å²) in [4.78, 5) is 33.4. The van der Waals surface area contributed by atoms with E-state index in [1.165, 1.54) is 11.8 Å². The van der Waals surface area contributed by atoms with Crippen LogP contribution in [0.3, 0.4) is 0 Å². The Morgan fingerprint density at radius 3 is 2.46 bits per heavy atom. The van der Waals surface area contributed by atoms with E-state index >= 15 is 0 Å². The topological polar surface area (TPSA) is 81.2 Å². The zero-order chi connectivity index (χ0) is 18.5. The first-order valence-corrected chi connectivity index (χ1v) is 9.50. The van der Waals surface area contributed by atoms with Crippen molar-refractivity contribution in [1.82, 2.24) is 15.3 Å². The Bertz CT molecular complexity index is 774. The molecule has 1 atom stereocenters. The lowest BCUT2D eigenvalue weighted by atomic mass is 10.1. The van der Waals surface area contributed by atoms with E-state index in [0.717, 1.165) is 24.2 Å². The molecule has 1 aromatic carbocycles. The number of rotatable bonds is 7. The van der Waals surface area contributed by atoms with Crippen LogP contribution in [0.2, 0.25) is 0 Å². The van der Waals surface area contributed by atoms with Crippen molar-refractivity contribution in [2.45, 2.75) is 44.0 Å². The third-order valence-electron chi connectivity index (χ3n) is 3.79. The second-order valence-electron chi connectivity index (χ2n) is 6.29. The first-order chi connectivity index (χ1) is 12.5. The molecule has 136 valence electrons. The molecule has 3 rings (SSSR count). The van der Waals surface area contributed by atoms with Gasteiger partial charge in [-0.2, -0.15) is 0 Å². The zero-order valence-corrected chi connectivity index (χ0v) is 15.6. The van der Waals surface area contributed by atoms with Crippen LogP contribution < -0.4 is 5.32 Å². The molecule has 0 unspecified atom stereocenters.